The molecule has 0 unspecified atom stereocenters. The second kappa shape index (κ2) is 18.6. The fraction of sp³-hybridized carbons (Fsp3) is 0.688. The largest absolute Gasteiger partial charge is 0.578 e. The molecule has 0 saturated heterocycles. The minimum absolute atomic E-state index is 0.116. The molecular weight excluding hydrogens is 342 g/mol. The minimum Gasteiger partial charge on any atom is -0.469 e. The van der Waals surface area contributed by atoms with Crippen molar-refractivity contribution in [2.75, 3.05) is 60.1 Å². The second-order valence-corrected chi connectivity index (χ2v) is 4.93. The monoisotopic (exact) mass is 368 g/mol. The first-order valence-corrected chi connectivity index (χ1v) is 7.81. The van der Waals surface area contributed by atoms with Gasteiger partial charge in [0.25, 0.3) is 0 Å². The van der Waals surface area contributed by atoms with Crippen LogP contribution in [-0.2, 0) is 19.1 Å². The summed E-state index contributed by atoms with van der Waals surface area (Å²) in [4.78, 5) is 28.2. The van der Waals surface area contributed by atoms with Crippen molar-refractivity contribution in [3.63, 3.8) is 0 Å². The highest BCUT2D eigenvalue weighted by molar-refractivity contribution is 5.69. The van der Waals surface area contributed by atoms with Crippen LogP contribution in [0.1, 0.15) is 13.3 Å². The van der Waals surface area contributed by atoms with Gasteiger partial charge in [-0.1, -0.05) is 4.85 Å². The number of hydrogen-bond acceptors (Lipinski definition) is 9. The number of carbonyl (C=O) groups is 2. The highest BCUT2D eigenvalue weighted by Gasteiger charge is 2.08. The van der Waals surface area contributed by atoms with E-state index in [4.69, 9.17) is 20.4 Å². The van der Waals surface area contributed by atoms with Crippen molar-refractivity contribution in [3.05, 3.63) is 4.85 Å². The Kier molecular flexibility index (Phi) is 18.3. The molecular formula is C16H26N5O5+. The van der Waals surface area contributed by atoms with Gasteiger partial charge in [0.15, 0.2) is 11.3 Å². The fourth-order valence-corrected chi connectivity index (χ4v) is 1.48. The number of rotatable bonds is 10. The third kappa shape index (κ3) is 19.3. The van der Waals surface area contributed by atoms with E-state index in [1.54, 1.807) is 16.0 Å². The van der Waals surface area contributed by atoms with E-state index < -0.39 is 0 Å². The third-order valence-electron chi connectivity index (χ3n) is 2.82. The molecule has 0 fully saturated rings. The number of esters is 2. The standard InChI is InChI=1S/C10H16N2O4.C6H10N3O/c1-9(13)16-8-7-12(6-4-11)5-3-10(14)15-2;1-9(4-5-10)3-2-8-6-7/h3,5-8H2,1-2H3;10H,3-5H2,1H3/q;+1. The van der Waals surface area contributed by atoms with Gasteiger partial charge in [0.1, 0.15) is 13.2 Å². The van der Waals surface area contributed by atoms with Crippen molar-refractivity contribution >= 4 is 11.9 Å². The average Bonchev–Trinajstić information content (AvgIpc) is 2.60. The molecule has 0 aromatic rings. The summed E-state index contributed by atoms with van der Waals surface area (Å²) in [5.41, 5.74) is 0. The molecule has 0 bridgehead atoms. The molecule has 144 valence electrons. The first-order valence-electron chi connectivity index (χ1n) is 7.81. The summed E-state index contributed by atoms with van der Waals surface area (Å²) >= 11 is 0. The Morgan fingerprint density at radius 1 is 1.19 bits per heavy atom. The third-order valence-corrected chi connectivity index (χ3v) is 2.82. The van der Waals surface area contributed by atoms with Crippen LogP contribution in [0.5, 0.6) is 0 Å². The van der Waals surface area contributed by atoms with E-state index >= 15 is 0 Å². The maximum absolute atomic E-state index is 10.9. The molecule has 0 aliphatic heterocycles. The first-order chi connectivity index (χ1) is 12.4. The molecule has 0 spiro atoms. The van der Waals surface area contributed by atoms with Crippen LogP contribution in [-0.4, -0.2) is 86.9 Å². The zero-order valence-electron chi connectivity index (χ0n) is 15.5. The van der Waals surface area contributed by atoms with Crippen molar-refractivity contribution in [3.8, 4) is 18.3 Å². The van der Waals surface area contributed by atoms with Crippen LogP contribution in [0.4, 0.5) is 0 Å². The molecule has 0 aliphatic rings. The lowest BCUT2D eigenvalue weighted by Crippen LogP contribution is -2.31. The van der Waals surface area contributed by atoms with Crippen LogP contribution >= 0.6 is 0 Å². The van der Waals surface area contributed by atoms with Gasteiger partial charge in [-0.2, -0.15) is 5.26 Å². The van der Waals surface area contributed by atoms with Crippen LogP contribution in [0.15, 0.2) is 0 Å². The molecule has 0 heterocycles. The quantitative estimate of drug-likeness (QED) is 0.312. The summed E-state index contributed by atoms with van der Waals surface area (Å²) in [6, 6.07) is 4.48. The van der Waals surface area contributed by atoms with Crippen molar-refractivity contribution in [2.45, 2.75) is 13.3 Å². The topological polar surface area (TPSA) is 131 Å². The van der Waals surface area contributed by atoms with Crippen LogP contribution in [0.25, 0.3) is 4.85 Å². The van der Waals surface area contributed by atoms with E-state index in [1.807, 2.05) is 13.1 Å². The van der Waals surface area contributed by atoms with Crippen LogP contribution in [0, 0.1) is 28.9 Å². The van der Waals surface area contributed by atoms with Gasteiger partial charge in [-0.3, -0.25) is 19.4 Å². The van der Waals surface area contributed by atoms with Gasteiger partial charge in [-0.05, 0) is 7.05 Å². The van der Waals surface area contributed by atoms with Gasteiger partial charge < -0.3 is 14.6 Å². The highest BCUT2D eigenvalue weighted by atomic mass is 16.5. The van der Waals surface area contributed by atoms with Gasteiger partial charge >= 0.3 is 18.1 Å². The normalized spacial score (nSPS) is 9.08. The molecule has 0 saturated carbocycles. The zero-order valence-corrected chi connectivity index (χ0v) is 15.5. The van der Waals surface area contributed by atoms with Gasteiger partial charge in [-0.25, -0.2) is 0 Å². The highest BCUT2D eigenvalue weighted by Crippen LogP contribution is 1.93. The molecule has 0 radical (unpaired) electrons. The van der Waals surface area contributed by atoms with Crippen LogP contribution in [0.3, 0.4) is 0 Å². The molecule has 10 nitrogen and oxygen atoms in total. The number of aliphatic hydroxyl groups is 1. The Bertz CT molecular complexity index is 544. The number of nitrogens with zero attached hydrogens (tertiary/aromatic N) is 5. The van der Waals surface area contributed by atoms with Gasteiger partial charge in [0.2, 0.25) is 0 Å². The van der Waals surface area contributed by atoms with Gasteiger partial charge in [0, 0.05) is 26.6 Å². The lowest BCUT2D eigenvalue weighted by atomic mass is 10.3. The number of ether oxygens (including phenoxy) is 2. The van der Waals surface area contributed by atoms with Gasteiger partial charge in [-0.15, -0.1) is 0 Å². The number of hydrogen-bond donors (Lipinski definition) is 1. The van der Waals surface area contributed by atoms with E-state index in [0.29, 0.717) is 26.2 Å². The Hall–Kier alpha value is -2.71. The number of carbonyl (C=O) groups excluding carboxylic acids is 2. The summed E-state index contributed by atoms with van der Waals surface area (Å²) in [6.07, 6.45) is 1.81. The Morgan fingerprint density at radius 3 is 2.38 bits per heavy atom. The number of likely N-dealkylation sites (N-methyl/N-ethyl adjacent to an activating group) is 1. The maximum Gasteiger partial charge on any atom is 0.578 e. The molecule has 1 N–H and O–H groups in total. The fourth-order valence-electron chi connectivity index (χ4n) is 1.48. The van der Waals surface area contributed by atoms with Crippen molar-refractivity contribution < 1.29 is 24.2 Å². The number of nitriles is 2. The number of methoxy groups -OCH3 is 1. The summed E-state index contributed by atoms with van der Waals surface area (Å²) in [7, 11) is 3.13. The molecule has 0 rings (SSSR count). The van der Waals surface area contributed by atoms with Crippen LogP contribution in [0.2, 0.25) is 0 Å². The van der Waals surface area contributed by atoms with Crippen molar-refractivity contribution in [1.82, 2.24) is 9.80 Å². The Labute approximate surface area is 153 Å². The lowest BCUT2D eigenvalue weighted by Gasteiger charge is -2.17. The molecule has 0 aliphatic carbocycles. The SMILES string of the molecule is CN(CC#[N+]C#N)CCO.COC(=O)CCN(CC#N)CCOC(C)=O. The smallest absolute Gasteiger partial charge is 0.469 e. The van der Waals surface area contributed by atoms with Crippen LogP contribution < -0.4 is 0 Å². The lowest BCUT2D eigenvalue weighted by molar-refractivity contribution is -0.143. The van der Waals surface area contributed by atoms with Gasteiger partial charge in [0.05, 0.1) is 32.8 Å². The van der Waals surface area contributed by atoms with E-state index in [9.17, 15) is 9.59 Å². The van der Waals surface area contributed by atoms with E-state index in [2.05, 4.69) is 15.7 Å². The van der Waals surface area contributed by atoms with E-state index in [-0.39, 0.29) is 38.1 Å². The average molecular weight is 368 g/mol. The predicted molar refractivity (Wildman–Crippen MR) is 92.8 cm³/mol. The summed E-state index contributed by atoms with van der Waals surface area (Å²) in [6.45, 7) is 3.76. The molecule has 26 heavy (non-hydrogen) atoms. The van der Waals surface area contributed by atoms with E-state index in [1.165, 1.54) is 14.0 Å². The molecule has 10 heteroatoms. The van der Waals surface area contributed by atoms with Crippen molar-refractivity contribution in [1.29, 1.82) is 10.5 Å². The van der Waals surface area contributed by atoms with Crippen molar-refractivity contribution in [2.24, 2.45) is 0 Å². The summed E-state index contributed by atoms with van der Waals surface area (Å²) in [5, 5.41) is 24.9. The molecule has 0 aromatic carbocycles. The molecule has 0 aromatic heterocycles. The predicted octanol–water partition coefficient (Wildman–Crippen LogP) is -0.337. The zero-order chi connectivity index (χ0) is 20.2. The Balaban J connectivity index is 0. The first kappa shape index (κ1) is 25.5. The Morgan fingerprint density at radius 2 is 1.88 bits per heavy atom. The summed E-state index contributed by atoms with van der Waals surface area (Å²) < 4.78 is 9.23. The minimum atomic E-state index is -0.357. The molecule has 0 amide bonds. The number of aliphatic hydroxyl groups excluding tert-OH is 1. The van der Waals surface area contributed by atoms with E-state index in [0.717, 1.165) is 0 Å². The maximum atomic E-state index is 10.9. The summed E-state index contributed by atoms with van der Waals surface area (Å²) in [5.74, 6) is -0.680. The second-order valence-electron chi connectivity index (χ2n) is 4.93. The molecule has 0 atom stereocenters.